The molecule has 1 aromatic carbocycles. The molecule has 0 aromatic heterocycles. The molecule has 0 unspecified atom stereocenters. The van der Waals surface area contributed by atoms with Crippen LogP contribution in [-0.4, -0.2) is 44.1 Å². The minimum absolute atomic E-state index is 0.213. The number of hydrogen-bond donors (Lipinski definition) is 2. The van der Waals surface area contributed by atoms with Gasteiger partial charge in [-0.15, -0.1) is 0 Å². The number of nitrogens with zero attached hydrogens (tertiary/aromatic N) is 1. The van der Waals surface area contributed by atoms with Crippen LogP contribution in [0.2, 0.25) is 0 Å². The van der Waals surface area contributed by atoms with E-state index in [2.05, 4.69) is 10.6 Å². The summed E-state index contributed by atoms with van der Waals surface area (Å²) in [5.74, 6) is -2.16. The average molecular weight is 333 g/mol. The Morgan fingerprint density at radius 1 is 1.27 bits per heavy atom. The molecule has 1 aromatic rings. The SMILES string of the molecule is CS(=O)(=O)N1CCC(NC(=O)Nc2cccc(F)c2F)CC1. The fourth-order valence-corrected chi connectivity index (χ4v) is 3.15. The standard InChI is InChI=1S/C13H17F2N3O3S/c1-22(20,21)18-7-5-9(6-8-18)16-13(19)17-11-4-2-3-10(14)12(11)15/h2-4,9H,5-8H2,1H3,(H2,16,17,19). The molecule has 0 aliphatic carbocycles. The highest BCUT2D eigenvalue weighted by molar-refractivity contribution is 7.88. The van der Waals surface area contributed by atoms with E-state index in [1.165, 1.54) is 16.4 Å². The van der Waals surface area contributed by atoms with Crippen LogP contribution in [0.3, 0.4) is 0 Å². The molecule has 6 nitrogen and oxygen atoms in total. The van der Waals surface area contributed by atoms with Crippen LogP contribution in [0.25, 0.3) is 0 Å². The summed E-state index contributed by atoms with van der Waals surface area (Å²) in [7, 11) is -3.22. The minimum Gasteiger partial charge on any atom is -0.335 e. The molecular weight excluding hydrogens is 316 g/mol. The van der Waals surface area contributed by atoms with Gasteiger partial charge in [-0.05, 0) is 25.0 Å². The van der Waals surface area contributed by atoms with E-state index in [4.69, 9.17) is 0 Å². The molecule has 1 heterocycles. The molecular formula is C13H17F2N3O3S. The van der Waals surface area contributed by atoms with Crippen LogP contribution in [0.4, 0.5) is 19.3 Å². The summed E-state index contributed by atoms with van der Waals surface area (Å²) in [6.45, 7) is 0.635. The second-order valence-corrected chi connectivity index (χ2v) is 7.12. The van der Waals surface area contributed by atoms with Crippen molar-refractivity contribution in [3.8, 4) is 0 Å². The van der Waals surface area contributed by atoms with Crippen molar-refractivity contribution in [1.82, 2.24) is 9.62 Å². The topological polar surface area (TPSA) is 78.5 Å². The summed E-state index contributed by atoms with van der Waals surface area (Å²) in [5, 5.41) is 4.87. The Morgan fingerprint density at radius 2 is 1.91 bits per heavy atom. The number of amides is 2. The van der Waals surface area contributed by atoms with Crippen LogP contribution >= 0.6 is 0 Å². The van der Waals surface area contributed by atoms with E-state index in [1.807, 2.05) is 0 Å². The summed E-state index contributed by atoms with van der Waals surface area (Å²) in [5.41, 5.74) is -0.244. The highest BCUT2D eigenvalue weighted by Crippen LogP contribution is 2.17. The molecule has 0 saturated carbocycles. The predicted molar refractivity (Wildman–Crippen MR) is 78.0 cm³/mol. The zero-order valence-electron chi connectivity index (χ0n) is 12.0. The van der Waals surface area contributed by atoms with Crippen molar-refractivity contribution in [3.05, 3.63) is 29.8 Å². The Hall–Kier alpha value is -1.74. The first-order valence-electron chi connectivity index (χ1n) is 6.74. The Bertz CT molecular complexity index is 658. The molecule has 1 fully saturated rings. The van der Waals surface area contributed by atoms with Crippen LogP contribution < -0.4 is 10.6 Å². The van der Waals surface area contributed by atoms with E-state index in [9.17, 15) is 22.0 Å². The number of halogens is 2. The number of sulfonamides is 1. The van der Waals surface area contributed by atoms with E-state index < -0.39 is 27.7 Å². The second kappa shape index (κ2) is 6.57. The number of carbonyl (C=O) groups is 1. The quantitative estimate of drug-likeness (QED) is 0.880. The van der Waals surface area contributed by atoms with E-state index in [0.29, 0.717) is 25.9 Å². The summed E-state index contributed by atoms with van der Waals surface area (Å²) in [6.07, 6.45) is 2.07. The molecule has 2 amide bonds. The lowest BCUT2D eigenvalue weighted by atomic mass is 10.1. The Morgan fingerprint density at radius 3 is 2.50 bits per heavy atom. The third-order valence-electron chi connectivity index (χ3n) is 3.46. The molecule has 2 N–H and O–H groups in total. The van der Waals surface area contributed by atoms with E-state index in [0.717, 1.165) is 12.3 Å². The van der Waals surface area contributed by atoms with Gasteiger partial charge in [0.25, 0.3) is 0 Å². The highest BCUT2D eigenvalue weighted by atomic mass is 32.2. The summed E-state index contributed by atoms with van der Waals surface area (Å²) in [6, 6.07) is 2.64. The molecule has 1 saturated heterocycles. The van der Waals surface area contributed by atoms with Crippen LogP contribution in [0.1, 0.15) is 12.8 Å². The highest BCUT2D eigenvalue weighted by Gasteiger charge is 2.25. The average Bonchev–Trinajstić information content (AvgIpc) is 2.43. The van der Waals surface area contributed by atoms with Crippen LogP contribution in [0, 0.1) is 11.6 Å². The molecule has 1 aliphatic rings. The van der Waals surface area contributed by atoms with Crippen molar-refractivity contribution in [1.29, 1.82) is 0 Å². The maximum atomic E-state index is 13.4. The first-order chi connectivity index (χ1) is 10.3. The molecule has 0 atom stereocenters. The third kappa shape index (κ3) is 4.14. The van der Waals surface area contributed by atoms with Gasteiger partial charge in [0.05, 0.1) is 11.9 Å². The number of carbonyl (C=O) groups excluding carboxylic acids is 1. The van der Waals surface area contributed by atoms with Crippen molar-refractivity contribution in [2.45, 2.75) is 18.9 Å². The van der Waals surface area contributed by atoms with E-state index in [1.54, 1.807) is 0 Å². The number of benzene rings is 1. The first kappa shape index (κ1) is 16.6. The smallest absolute Gasteiger partial charge is 0.319 e. The van der Waals surface area contributed by atoms with Crippen molar-refractivity contribution < 1.29 is 22.0 Å². The van der Waals surface area contributed by atoms with Gasteiger partial charge in [-0.3, -0.25) is 0 Å². The van der Waals surface area contributed by atoms with Gasteiger partial charge in [0.1, 0.15) is 0 Å². The van der Waals surface area contributed by atoms with Gasteiger partial charge in [-0.2, -0.15) is 0 Å². The lowest BCUT2D eigenvalue weighted by molar-refractivity contribution is 0.238. The number of hydrogen-bond acceptors (Lipinski definition) is 3. The zero-order chi connectivity index (χ0) is 16.3. The molecule has 122 valence electrons. The monoisotopic (exact) mass is 333 g/mol. The first-order valence-corrected chi connectivity index (χ1v) is 8.59. The lowest BCUT2D eigenvalue weighted by Crippen LogP contribution is -2.47. The molecule has 9 heteroatoms. The van der Waals surface area contributed by atoms with Gasteiger partial charge < -0.3 is 10.6 Å². The van der Waals surface area contributed by atoms with Crippen molar-refractivity contribution in [3.63, 3.8) is 0 Å². The molecule has 22 heavy (non-hydrogen) atoms. The fraction of sp³-hybridized carbons (Fsp3) is 0.462. The van der Waals surface area contributed by atoms with Crippen molar-refractivity contribution >= 4 is 21.7 Å². The van der Waals surface area contributed by atoms with Crippen LogP contribution in [-0.2, 0) is 10.0 Å². The number of piperidine rings is 1. The van der Waals surface area contributed by atoms with Crippen LogP contribution in [0.5, 0.6) is 0 Å². The van der Waals surface area contributed by atoms with E-state index in [-0.39, 0.29) is 11.7 Å². The number of urea groups is 1. The van der Waals surface area contributed by atoms with Gasteiger partial charge in [-0.1, -0.05) is 6.07 Å². The number of nitrogens with one attached hydrogen (secondary N) is 2. The lowest BCUT2D eigenvalue weighted by Gasteiger charge is -2.30. The largest absolute Gasteiger partial charge is 0.335 e. The Labute approximate surface area is 127 Å². The molecule has 2 rings (SSSR count). The van der Waals surface area contributed by atoms with Gasteiger partial charge in [0.2, 0.25) is 10.0 Å². The zero-order valence-corrected chi connectivity index (χ0v) is 12.8. The number of rotatable bonds is 3. The summed E-state index contributed by atoms with van der Waals surface area (Å²) < 4.78 is 50.6. The van der Waals surface area contributed by atoms with Crippen molar-refractivity contribution in [2.75, 3.05) is 24.7 Å². The normalized spacial score (nSPS) is 17.2. The van der Waals surface area contributed by atoms with Crippen LogP contribution in [0.15, 0.2) is 18.2 Å². The Balaban J connectivity index is 1.87. The van der Waals surface area contributed by atoms with Gasteiger partial charge in [-0.25, -0.2) is 26.3 Å². The van der Waals surface area contributed by atoms with Crippen molar-refractivity contribution in [2.24, 2.45) is 0 Å². The maximum absolute atomic E-state index is 13.4. The minimum atomic E-state index is -3.22. The van der Waals surface area contributed by atoms with Gasteiger partial charge in [0.15, 0.2) is 11.6 Å². The maximum Gasteiger partial charge on any atom is 0.319 e. The predicted octanol–water partition coefficient (Wildman–Crippen LogP) is 1.51. The summed E-state index contributed by atoms with van der Waals surface area (Å²) in [4.78, 5) is 11.8. The molecule has 0 spiro atoms. The second-order valence-electron chi connectivity index (χ2n) is 5.14. The molecule has 0 bridgehead atoms. The Kier molecular flexibility index (Phi) is 4.97. The fourth-order valence-electron chi connectivity index (χ4n) is 2.28. The van der Waals surface area contributed by atoms with Gasteiger partial charge in [0, 0.05) is 19.1 Å². The van der Waals surface area contributed by atoms with E-state index >= 15 is 0 Å². The molecule has 0 radical (unpaired) electrons. The van der Waals surface area contributed by atoms with Gasteiger partial charge >= 0.3 is 6.03 Å². The number of anilines is 1. The molecule has 1 aliphatic heterocycles. The third-order valence-corrected chi connectivity index (χ3v) is 4.76. The summed E-state index contributed by atoms with van der Waals surface area (Å²) >= 11 is 0.